The Morgan fingerprint density at radius 1 is 1.17 bits per heavy atom. The number of benzene rings is 1. The van der Waals surface area contributed by atoms with Crippen LogP contribution in [0.4, 0.5) is 5.69 Å². The molecule has 0 aromatic heterocycles. The highest BCUT2D eigenvalue weighted by Gasteiger charge is 2.18. The van der Waals surface area contributed by atoms with Crippen molar-refractivity contribution in [2.45, 2.75) is 46.6 Å². The lowest BCUT2D eigenvalue weighted by atomic mass is 10.0. The van der Waals surface area contributed by atoms with Crippen molar-refractivity contribution in [1.29, 1.82) is 0 Å². The maximum absolute atomic E-state index is 11.9. The molecule has 1 amide bonds. The van der Waals surface area contributed by atoms with Crippen LogP contribution < -0.4 is 4.90 Å². The molecule has 0 fully saturated rings. The third kappa shape index (κ3) is 3.49. The summed E-state index contributed by atoms with van der Waals surface area (Å²) in [5.74, 6) is -0.0160. The molecule has 0 saturated heterocycles. The van der Waals surface area contributed by atoms with Gasteiger partial charge in [0.25, 0.3) is 0 Å². The number of halogens is 1. The molecule has 18 heavy (non-hydrogen) atoms. The molecule has 0 aliphatic carbocycles. The molecule has 3 heteroatoms. The zero-order valence-corrected chi connectivity index (χ0v) is 12.4. The summed E-state index contributed by atoms with van der Waals surface area (Å²) in [6, 6.07) is 6.49. The predicted molar refractivity (Wildman–Crippen MR) is 78.5 cm³/mol. The van der Waals surface area contributed by atoms with E-state index in [1.165, 1.54) is 11.1 Å². The fraction of sp³-hybridized carbons (Fsp3) is 0.533. The number of hydrogen-bond acceptors (Lipinski definition) is 1. The molecule has 0 spiro atoms. The van der Waals surface area contributed by atoms with Crippen LogP contribution in [0.3, 0.4) is 0 Å². The number of carbonyl (C=O) groups is 1. The van der Waals surface area contributed by atoms with E-state index in [-0.39, 0.29) is 17.8 Å². The van der Waals surface area contributed by atoms with Crippen LogP contribution in [-0.4, -0.2) is 17.8 Å². The third-order valence-corrected chi connectivity index (χ3v) is 3.26. The first-order valence-corrected chi connectivity index (χ1v) is 7.07. The monoisotopic (exact) mass is 267 g/mol. The molecule has 0 N–H and O–H groups in total. The summed E-state index contributed by atoms with van der Waals surface area (Å²) in [5, 5.41) is 0. The van der Waals surface area contributed by atoms with E-state index in [0.29, 0.717) is 0 Å². The van der Waals surface area contributed by atoms with Crippen LogP contribution in [0.2, 0.25) is 0 Å². The van der Waals surface area contributed by atoms with Crippen molar-refractivity contribution < 1.29 is 4.79 Å². The summed E-state index contributed by atoms with van der Waals surface area (Å²) in [4.78, 5) is 13.7. The molecule has 0 heterocycles. The normalized spacial score (nSPS) is 10.8. The average molecular weight is 268 g/mol. The van der Waals surface area contributed by atoms with Crippen molar-refractivity contribution in [3.8, 4) is 0 Å². The highest BCUT2D eigenvalue weighted by atomic mass is 35.5. The smallest absolute Gasteiger partial charge is 0.242 e. The number of rotatable bonds is 5. The van der Waals surface area contributed by atoms with Gasteiger partial charge in [-0.05, 0) is 49.9 Å². The number of nitrogens with zero attached hydrogens (tertiary/aromatic N) is 1. The Balaban J connectivity index is 3.22. The summed E-state index contributed by atoms with van der Waals surface area (Å²) in [5.41, 5.74) is 3.49. The minimum atomic E-state index is -0.0398. The maximum atomic E-state index is 11.9. The Kier molecular flexibility index (Phi) is 5.67. The molecule has 0 bridgehead atoms. The van der Waals surface area contributed by atoms with Gasteiger partial charge in [0.15, 0.2) is 0 Å². The van der Waals surface area contributed by atoms with E-state index in [9.17, 15) is 4.79 Å². The fourth-order valence-corrected chi connectivity index (χ4v) is 2.21. The number of anilines is 1. The molecule has 0 atom stereocenters. The fourth-order valence-electron chi connectivity index (χ4n) is 2.08. The second kappa shape index (κ2) is 6.79. The van der Waals surface area contributed by atoms with Gasteiger partial charge < -0.3 is 4.90 Å². The van der Waals surface area contributed by atoms with Crippen LogP contribution in [0.5, 0.6) is 0 Å². The summed E-state index contributed by atoms with van der Waals surface area (Å²) < 4.78 is 0. The Morgan fingerprint density at radius 2 is 1.67 bits per heavy atom. The maximum Gasteiger partial charge on any atom is 0.242 e. The van der Waals surface area contributed by atoms with E-state index in [4.69, 9.17) is 11.6 Å². The molecular formula is C15H22ClNO. The van der Waals surface area contributed by atoms with Gasteiger partial charge in [0.2, 0.25) is 5.91 Å². The van der Waals surface area contributed by atoms with Gasteiger partial charge in [-0.3, -0.25) is 4.79 Å². The van der Waals surface area contributed by atoms with Crippen molar-refractivity contribution in [2.75, 3.05) is 10.8 Å². The number of alkyl halides is 1. The van der Waals surface area contributed by atoms with Crippen LogP contribution in [0.25, 0.3) is 0 Å². The van der Waals surface area contributed by atoms with E-state index in [1.54, 1.807) is 4.90 Å². The first kappa shape index (κ1) is 15.0. The summed E-state index contributed by atoms with van der Waals surface area (Å²) in [6.07, 6.45) is 1.95. The van der Waals surface area contributed by atoms with Crippen molar-refractivity contribution in [1.82, 2.24) is 0 Å². The van der Waals surface area contributed by atoms with E-state index in [0.717, 1.165) is 18.5 Å². The Bertz CT molecular complexity index is 393. The second-order valence-electron chi connectivity index (χ2n) is 4.71. The molecule has 0 saturated carbocycles. The van der Waals surface area contributed by atoms with Gasteiger partial charge in [-0.15, -0.1) is 11.6 Å². The van der Waals surface area contributed by atoms with Crippen molar-refractivity contribution in [2.24, 2.45) is 0 Å². The van der Waals surface area contributed by atoms with Gasteiger partial charge in [0, 0.05) is 11.7 Å². The summed E-state index contributed by atoms with van der Waals surface area (Å²) in [7, 11) is 0. The standard InChI is InChI=1S/C15H22ClNO/c1-5-12-7-13(6-2)9-14(8-12)17(11(3)4)15(18)10-16/h7-9,11H,5-6,10H2,1-4H3. The lowest BCUT2D eigenvalue weighted by molar-refractivity contribution is -0.116. The Labute approximate surface area is 115 Å². The summed E-state index contributed by atoms with van der Waals surface area (Å²) >= 11 is 5.70. The van der Waals surface area contributed by atoms with Crippen LogP contribution in [0.1, 0.15) is 38.8 Å². The van der Waals surface area contributed by atoms with Crippen LogP contribution in [0, 0.1) is 0 Å². The SMILES string of the molecule is CCc1cc(CC)cc(N(C(=O)CCl)C(C)C)c1. The lowest BCUT2D eigenvalue weighted by Gasteiger charge is -2.27. The zero-order chi connectivity index (χ0) is 13.7. The number of carbonyl (C=O) groups excluding carboxylic acids is 1. The summed E-state index contributed by atoms with van der Waals surface area (Å²) in [6.45, 7) is 8.27. The van der Waals surface area contributed by atoms with E-state index in [1.807, 2.05) is 13.8 Å². The molecular weight excluding hydrogens is 246 g/mol. The van der Waals surface area contributed by atoms with Crippen molar-refractivity contribution in [3.05, 3.63) is 29.3 Å². The van der Waals surface area contributed by atoms with Crippen LogP contribution in [-0.2, 0) is 17.6 Å². The van der Waals surface area contributed by atoms with Crippen LogP contribution in [0.15, 0.2) is 18.2 Å². The molecule has 0 radical (unpaired) electrons. The van der Waals surface area contributed by atoms with Gasteiger partial charge in [-0.25, -0.2) is 0 Å². The molecule has 2 nitrogen and oxygen atoms in total. The van der Waals surface area contributed by atoms with Crippen molar-refractivity contribution in [3.63, 3.8) is 0 Å². The van der Waals surface area contributed by atoms with E-state index >= 15 is 0 Å². The van der Waals surface area contributed by atoms with E-state index in [2.05, 4.69) is 32.0 Å². The number of aryl methyl sites for hydroxylation is 2. The van der Waals surface area contributed by atoms with Crippen LogP contribution >= 0.6 is 11.6 Å². The highest BCUT2D eigenvalue weighted by molar-refractivity contribution is 6.29. The minimum absolute atomic E-state index is 0.0238. The number of amides is 1. The minimum Gasteiger partial charge on any atom is -0.309 e. The first-order chi connectivity index (χ1) is 8.53. The topological polar surface area (TPSA) is 20.3 Å². The van der Waals surface area contributed by atoms with Gasteiger partial charge in [-0.1, -0.05) is 19.9 Å². The largest absolute Gasteiger partial charge is 0.309 e. The van der Waals surface area contributed by atoms with Crippen molar-refractivity contribution >= 4 is 23.2 Å². The molecule has 0 unspecified atom stereocenters. The van der Waals surface area contributed by atoms with Gasteiger partial charge in [0.1, 0.15) is 5.88 Å². The zero-order valence-electron chi connectivity index (χ0n) is 11.7. The molecule has 100 valence electrons. The molecule has 1 aromatic carbocycles. The molecule has 0 aliphatic heterocycles. The average Bonchev–Trinajstić information content (AvgIpc) is 2.37. The highest BCUT2D eigenvalue weighted by Crippen LogP contribution is 2.23. The lowest BCUT2D eigenvalue weighted by Crippen LogP contribution is -2.38. The van der Waals surface area contributed by atoms with Gasteiger partial charge in [-0.2, -0.15) is 0 Å². The molecule has 0 aliphatic rings. The van der Waals surface area contributed by atoms with Gasteiger partial charge >= 0.3 is 0 Å². The van der Waals surface area contributed by atoms with Gasteiger partial charge in [0.05, 0.1) is 0 Å². The Morgan fingerprint density at radius 3 is 2.00 bits per heavy atom. The molecule has 1 aromatic rings. The predicted octanol–water partition coefficient (Wildman–Crippen LogP) is 3.79. The van der Waals surface area contributed by atoms with E-state index < -0.39 is 0 Å². The second-order valence-corrected chi connectivity index (χ2v) is 4.97. The number of hydrogen-bond donors (Lipinski definition) is 0. The quantitative estimate of drug-likeness (QED) is 0.744. The first-order valence-electron chi connectivity index (χ1n) is 6.54. The third-order valence-electron chi connectivity index (χ3n) is 3.03. The Hall–Kier alpha value is -1.02. The molecule has 1 rings (SSSR count).